The fraction of sp³-hybridized carbons (Fsp3) is 0.389. The van der Waals surface area contributed by atoms with Crippen LogP contribution in [0.1, 0.15) is 12.8 Å². The van der Waals surface area contributed by atoms with Gasteiger partial charge in [0, 0.05) is 15.9 Å². The Morgan fingerprint density at radius 3 is 2.96 bits per heavy atom. The molecule has 0 unspecified atom stereocenters. The highest BCUT2D eigenvalue weighted by atomic mass is 79.9. The SMILES string of the molecule is Nc1ncnc2c1nc(Sc1cc3c(cc1Br)OCO3)n2CC[C@H]1CCNC1. The Labute approximate surface area is 174 Å². The maximum absolute atomic E-state index is 6.06. The van der Waals surface area contributed by atoms with Crippen LogP contribution in [0.5, 0.6) is 11.5 Å². The summed E-state index contributed by atoms with van der Waals surface area (Å²) in [6, 6.07) is 3.90. The fourth-order valence-corrected chi connectivity index (χ4v) is 5.07. The topological polar surface area (TPSA) is 100 Å². The number of nitrogens with zero attached hydrogens (tertiary/aromatic N) is 4. The molecule has 0 radical (unpaired) electrons. The van der Waals surface area contributed by atoms with Gasteiger partial charge in [-0.05, 0) is 59.9 Å². The molecule has 28 heavy (non-hydrogen) atoms. The number of fused-ring (bicyclic) bond motifs is 2. The number of aryl methyl sites for hydroxylation is 1. The predicted molar refractivity (Wildman–Crippen MR) is 110 cm³/mol. The Balaban J connectivity index is 1.51. The Morgan fingerprint density at radius 2 is 2.14 bits per heavy atom. The average molecular weight is 463 g/mol. The molecule has 0 amide bonds. The van der Waals surface area contributed by atoms with Gasteiger partial charge < -0.3 is 25.1 Å². The van der Waals surface area contributed by atoms with Gasteiger partial charge in [-0.3, -0.25) is 0 Å². The molecule has 3 aromatic rings. The number of anilines is 1. The monoisotopic (exact) mass is 462 g/mol. The van der Waals surface area contributed by atoms with E-state index in [2.05, 4.69) is 35.8 Å². The zero-order valence-corrected chi connectivity index (χ0v) is 17.4. The molecule has 2 aliphatic heterocycles. The molecule has 0 saturated carbocycles. The molecule has 2 aliphatic rings. The molecule has 1 saturated heterocycles. The fourth-order valence-electron chi connectivity index (χ4n) is 3.56. The molecule has 146 valence electrons. The summed E-state index contributed by atoms with van der Waals surface area (Å²) < 4.78 is 14.0. The van der Waals surface area contributed by atoms with E-state index in [0.29, 0.717) is 17.3 Å². The molecule has 5 rings (SSSR count). The second-order valence-corrected chi connectivity index (χ2v) is 8.73. The molecule has 0 spiro atoms. The molecule has 10 heteroatoms. The number of aromatic nitrogens is 4. The molecular weight excluding hydrogens is 444 g/mol. The zero-order chi connectivity index (χ0) is 19.1. The number of nitrogens with two attached hydrogens (primary N) is 1. The van der Waals surface area contributed by atoms with E-state index in [1.165, 1.54) is 12.7 Å². The number of imidazole rings is 1. The van der Waals surface area contributed by atoms with E-state index in [-0.39, 0.29) is 6.79 Å². The maximum Gasteiger partial charge on any atom is 0.231 e. The second-order valence-electron chi connectivity index (χ2n) is 6.86. The third kappa shape index (κ3) is 3.29. The van der Waals surface area contributed by atoms with E-state index in [9.17, 15) is 0 Å². The van der Waals surface area contributed by atoms with Gasteiger partial charge in [0.2, 0.25) is 6.79 Å². The highest BCUT2D eigenvalue weighted by Crippen LogP contribution is 2.43. The van der Waals surface area contributed by atoms with Gasteiger partial charge in [0.15, 0.2) is 33.6 Å². The van der Waals surface area contributed by atoms with Crippen LogP contribution in [0.25, 0.3) is 11.2 Å². The normalized spacial score (nSPS) is 18.2. The minimum atomic E-state index is 0.246. The van der Waals surface area contributed by atoms with Gasteiger partial charge >= 0.3 is 0 Å². The molecule has 0 aliphatic carbocycles. The molecule has 1 aromatic carbocycles. The van der Waals surface area contributed by atoms with Crippen molar-refractivity contribution in [2.45, 2.75) is 29.4 Å². The standard InChI is InChI=1S/C18H19BrN6O2S/c19-11-5-12-13(27-9-26-12)6-14(11)28-18-24-15-16(20)22-8-23-17(15)25(18)4-2-10-1-3-21-7-10/h5-6,8,10,21H,1-4,7,9H2,(H2,20,22,23)/t10-/m1/s1. The zero-order valence-electron chi connectivity index (χ0n) is 15.0. The number of rotatable bonds is 5. The van der Waals surface area contributed by atoms with Crippen LogP contribution in [0.2, 0.25) is 0 Å². The van der Waals surface area contributed by atoms with E-state index in [0.717, 1.165) is 57.7 Å². The lowest BCUT2D eigenvalue weighted by atomic mass is 10.1. The lowest BCUT2D eigenvalue weighted by Crippen LogP contribution is -2.12. The number of ether oxygens (including phenoxy) is 2. The average Bonchev–Trinajstić information content (AvgIpc) is 3.41. The van der Waals surface area contributed by atoms with Crippen molar-refractivity contribution < 1.29 is 9.47 Å². The van der Waals surface area contributed by atoms with Crippen molar-refractivity contribution in [3.8, 4) is 11.5 Å². The molecule has 0 bridgehead atoms. The molecule has 8 nitrogen and oxygen atoms in total. The Kier molecular flexibility index (Phi) is 4.77. The van der Waals surface area contributed by atoms with Gasteiger partial charge in [0.05, 0.1) is 0 Å². The van der Waals surface area contributed by atoms with Crippen LogP contribution >= 0.6 is 27.7 Å². The first-order valence-corrected chi connectivity index (χ1v) is 10.7. The van der Waals surface area contributed by atoms with Crippen LogP contribution in [0, 0.1) is 5.92 Å². The van der Waals surface area contributed by atoms with Gasteiger partial charge in [-0.25, -0.2) is 15.0 Å². The third-order valence-corrected chi connectivity index (χ3v) is 7.05. The van der Waals surface area contributed by atoms with Crippen LogP contribution in [0.4, 0.5) is 5.82 Å². The van der Waals surface area contributed by atoms with Gasteiger partial charge in [0.1, 0.15) is 6.33 Å². The number of nitrogens with one attached hydrogen (secondary N) is 1. The summed E-state index contributed by atoms with van der Waals surface area (Å²) in [6.45, 7) is 3.25. The highest BCUT2D eigenvalue weighted by molar-refractivity contribution is 9.10. The van der Waals surface area contributed by atoms with Gasteiger partial charge in [-0.1, -0.05) is 11.8 Å². The lowest BCUT2D eigenvalue weighted by molar-refractivity contribution is 0.174. The van der Waals surface area contributed by atoms with Crippen molar-refractivity contribution in [1.29, 1.82) is 0 Å². The Morgan fingerprint density at radius 1 is 1.29 bits per heavy atom. The quantitative estimate of drug-likeness (QED) is 0.596. The molecule has 1 atom stereocenters. The summed E-state index contributed by atoms with van der Waals surface area (Å²) in [5, 5.41) is 4.27. The minimum absolute atomic E-state index is 0.246. The lowest BCUT2D eigenvalue weighted by Gasteiger charge is -2.12. The number of benzene rings is 1. The second kappa shape index (κ2) is 7.41. The molecular formula is C18H19BrN6O2S. The minimum Gasteiger partial charge on any atom is -0.454 e. The van der Waals surface area contributed by atoms with Crippen molar-refractivity contribution in [3.63, 3.8) is 0 Å². The van der Waals surface area contributed by atoms with Crippen molar-refractivity contribution in [3.05, 3.63) is 22.9 Å². The van der Waals surface area contributed by atoms with Crippen molar-refractivity contribution >= 4 is 44.7 Å². The molecule has 3 N–H and O–H groups in total. The maximum atomic E-state index is 6.06. The van der Waals surface area contributed by atoms with E-state index in [1.54, 1.807) is 11.8 Å². The van der Waals surface area contributed by atoms with Crippen LogP contribution in [-0.4, -0.2) is 39.4 Å². The molecule has 1 fully saturated rings. The summed E-state index contributed by atoms with van der Waals surface area (Å²) in [4.78, 5) is 14.3. The van der Waals surface area contributed by atoms with E-state index >= 15 is 0 Å². The summed E-state index contributed by atoms with van der Waals surface area (Å²) in [5.74, 6) is 2.56. The summed E-state index contributed by atoms with van der Waals surface area (Å²) in [7, 11) is 0. The van der Waals surface area contributed by atoms with Crippen molar-refractivity contribution in [2.75, 3.05) is 25.6 Å². The van der Waals surface area contributed by atoms with Crippen molar-refractivity contribution in [2.24, 2.45) is 5.92 Å². The predicted octanol–water partition coefficient (Wildman–Crippen LogP) is 3.05. The molecule has 2 aromatic heterocycles. The first-order valence-electron chi connectivity index (χ1n) is 9.13. The van der Waals surface area contributed by atoms with Gasteiger partial charge in [-0.15, -0.1) is 0 Å². The number of hydrogen-bond donors (Lipinski definition) is 2. The number of hydrogen-bond acceptors (Lipinski definition) is 8. The summed E-state index contributed by atoms with van der Waals surface area (Å²) >= 11 is 5.18. The van der Waals surface area contributed by atoms with E-state index in [4.69, 9.17) is 20.2 Å². The highest BCUT2D eigenvalue weighted by Gasteiger charge is 2.22. The van der Waals surface area contributed by atoms with Gasteiger partial charge in [0.25, 0.3) is 0 Å². The van der Waals surface area contributed by atoms with E-state index in [1.807, 2.05) is 12.1 Å². The summed E-state index contributed by atoms with van der Waals surface area (Å²) in [5.41, 5.74) is 7.48. The smallest absolute Gasteiger partial charge is 0.231 e. The summed E-state index contributed by atoms with van der Waals surface area (Å²) in [6.07, 6.45) is 3.77. The largest absolute Gasteiger partial charge is 0.454 e. The van der Waals surface area contributed by atoms with E-state index < -0.39 is 0 Å². The van der Waals surface area contributed by atoms with Crippen LogP contribution < -0.4 is 20.5 Å². The van der Waals surface area contributed by atoms with Crippen LogP contribution in [0.3, 0.4) is 0 Å². The number of halogens is 1. The Bertz CT molecular complexity index is 1040. The third-order valence-electron chi connectivity index (χ3n) is 5.08. The molecule has 4 heterocycles. The first kappa shape index (κ1) is 18.0. The Hall–Kier alpha value is -2.04. The van der Waals surface area contributed by atoms with Crippen molar-refractivity contribution in [1.82, 2.24) is 24.8 Å². The number of nitrogen functional groups attached to an aromatic ring is 1. The first-order chi connectivity index (χ1) is 13.7. The van der Waals surface area contributed by atoms with Gasteiger partial charge in [-0.2, -0.15) is 0 Å². The van der Waals surface area contributed by atoms with Crippen LogP contribution in [-0.2, 0) is 6.54 Å². The van der Waals surface area contributed by atoms with Crippen LogP contribution in [0.15, 0.2) is 33.0 Å².